The molecule has 7 heavy (non-hydrogen) atoms. The van der Waals surface area contributed by atoms with Crippen molar-refractivity contribution in [1.82, 2.24) is 0 Å². The minimum atomic E-state index is -5.06. The highest BCUT2D eigenvalue weighted by Gasteiger charge is 2.13. The molecule has 0 aromatic heterocycles. The van der Waals surface area contributed by atoms with Crippen molar-refractivity contribution < 1.29 is 26.7 Å². The zero-order valence-electron chi connectivity index (χ0n) is 9.12. The molecule has 0 spiro atoms. The molecule has 0 amide bonds. The van der Waals surface area contributed by atoms with Crippen molar-refractivity contribution in [1.29, 1.82) is 0 Å². The minimum absolute atomic E-state index is 3.18. The van der Waals surface area contributed by atoms with Gasteiger partial charge in [0.25, 0.3) is 0 Å². The molecular weight excluding hydrogens is 119 g/mol. The van der Waals surface area contributed by atoms with Gasteiger partial charge in [-0.15, -0.1) is 0 Å². The molecule has 0 aliphatic carbocycles. The molecule has 0 aromatic carbocycles. The lowest BCUT2D eigenvalue weighted by molar-refractivity contribution is 0.204. The van der Waals surface area contributed by atoms with Crippen LogP contribution in [0.25, 0.3) is 0 Å². The fourth-order valence-corrected chi connectivity index (χ4v) is 0.0559. The maximum atomic E-state index is 10.6. The van der Waals surface area contributed by atoms with Gasteiger partial charge in [-0.05, 0) is 0 Å². The van der Waals surface area contributed by atoms with Crippen LogP contribution in [0.15, 0.2) is 0 Å². The molecule has 0 rings (SSSR count). The van der Waals surface area contributed by atoms with Gasteiger partial charge >= 0.3 is 7.82 Å². The molecule has 5 heteroatoms. The molecule has 1 N–H and O–H groups in total. The van der Waals surface area contributed by atoms with Crippen molar-refractivity contribution in [3.05, 3.63) is 0 Å². The highest BCUT2D eigenvalue weighted by atomic mass is 31.2. The molecule has 0 fully saturated rings. The van der Waals surface area contributed by atoms with Crippen molar-refractivity contribution in [2.45, 2.75) is 0 Å². The van der Waals surface area contributed by atoms with Crippen molar-refractivity contribution >= 4 is 7.82 Å². The minimum Gasteiger partial charge on any atom is -0.303 e. The fourth-order valence-electron chi connectivity index (χ4n) is 0.0186. The van der Waals surface area contributed by atoms with Gasteiger partial charge in [0.2, 0.25) is 0 Å². The number of hydrogen-bond acceptors (Lipinski definition) is 3. The van der Waals surface area contributed by atoms with Crippen molar-refractivity contribution in [3.63, 3.8) is 0 Å². The highest BCUT2D eigenvalue weighted by molar-refractivity contribution is 7.47. The van der Waals surface area contributed by atoms with E-state index in [0.29, 0.717) is 0 Å². The molecular formula is C2H7O4P. The van der Waals surface area contributed by atoms with Gasteiger partial charge in [-0.1, -0.05) is 0 Å². The average Bonchev–Trinajstić information content (AvgIpc) is 1.43. The van der Waals surface area contributed by atoms with Crippen LogP contribution in [0.3, 0.4) is 0 Å². The van der Waals surface area contributed by atoms with Crippen molar-refractivity contribution in [3.8, 4) is 0 Å². The first-order valence-electron chi connectivity index (χ1n) is 4.16. The summed E-state index contributed by atoms with van der Waals surface area (Å²) in [6.45, 7) is 0. The van der Waals surface area contributed by atoms with E-state index in [1.807, 2.05) is 0 Å². The lowest BCUT2D eigenvalue weighted by atomic mass is 11.8. The molecule has 0 aliphatic rings. The van der Waals surface area contributed by atoms with Crippen molar-refractivity contribution in [2.75, 3.05) is 14.1 Å². The molecule has 0 aromatic rings. The van der Waals surface area contributed by atoms with Crippen LogP contribution in [0.4, 0.5) is 0 Å². The molecule has 0 saturated carbocycles. The van der Waals surface area contributed by atoms with E-state index in [0.717, 1.165) is 0 Å². The molecule has 0 heterocycles. The first kappa shape index (κ1) is 1.81. The summed E-state index contributed by atoms with van der Waals surface area (Å²) in [6, 6.07) is 0. The van der Waals surface area contributed by atoms with E-state index in [1.54, 1.807) is 0 Å². The average molecular weight is 132 g/mol. The number of phosphoric ester groups is 1. The Bertz CT molecular complexity index is 198. The Balaban J connectivity index is 4.35. The largest absolute Gasteiger partial charge is 0.471 e. The van der Waals surface area contributed by atoms with E-state index in [2.05, 4.69) is 9.05 Å². The first-order chi connectivity index (χ1) is 5.41. The highest BCUT2D eigenvalue weighted by Crippen LogP contribution is 2.40. The van der Waals surface area contributed by atoms with Gasteiger partial charge in [0.05, 0.1) is 8.22 Å². The van der Waals surface area contributed by atoms with Gasteiger partial charge in [-0.2, -0.15) is 0 Å². The van der Waals surface area contributed by atoms with E-state index < -0.39 is 21.9 Å². The third kappa shape index (κ3) is 2.76. The summed E-state index contributed by atoms with van der Waals surface area (Å²) in [4.78, 5) is 8.58. The summed E-state index contributed by atoms with van der Waals surface area (Å²) in [6.07, 6.45) is 0. The third-order valence-electron chi connectivity index (χ3n) is 0.231. The van der Waals surface area contributed by atoms with Gasteiger partial charge in [0, 0.05) is 14.1 Å². The summed E-state index contributed by atoms with van der Waals surface area (Å²) in [5.41, 5.74) is 0. The van der Waals surface area contributed by atoms with Crippen LogP contribution in [0.1, 0.15) is 8.22 Å². The molecule has 4 nitrogen and oxygen atoms in total. The van der Waals surface area contributed by atoms with Crippen molar-refractivity contribution in [2.24, 2.45) is 0 Å². The maximum Gasteiger partial charge on any atom is 0.471 e. The Hall–Kier alpha value is 0.110. The molecule has 0 unspecified atom stereocenters. The van der Waals surface area contributed by atoms with Crippen LogP contribution in [0.5, 0.6) is 0 Å². The maximum absolute atomic E-state index is 10.6. The second-order valence-electron chi connectivity index (χ2n) is 0.651. The summed E-state index contributed by atoms with van der Waals surface area (Å²) >= 11 is 0. The van der Waals surface area contributed by atoms with Crippen LogP contribution in [-0.4, -0.2) is 19.0 Å². The standard InChI is InChI=1S/C2H7O4P/c1-5-7(3,4)6-2/h1-2H3,(H,3,4)/i1D3,2D3. The van der Waals surface area contributed by atoms with E-state index in [9.17, 15) is 4.57 Å². The van der Waals surface area contributed by atoms with Crippen LogP contribution in [-0.2, 0) is 13.6 Å². The fraction of sp³-hybridized carbons (Fsp3) is 1.00. The predicted octanol–water partition coefficient (Wildman–Crippen LogP) is 0.380. The molecule has 0 radical (unpaired) electrons. The molecule has 0 aliphatic heterocycles. The lowest BCUT2D eigenvalue weighted by Gasteiger charge is -2.01. The van der Waals surface area contributed by atoms with Crippen LogP contribution < -0.4 is 0 Å². The predicted molar refractivity (Wildman–Crippen MR) is 23.8 cm³/mol. The van der Waals surface area contributed by atoms with E-state index in [4.69, 9.17) is 13.1 Å². The monoisotopic (exact) mass is 132 g/mol. The number of hydrogen-bond donors (Lipinski definition) is 1. The van der Waals surface area contributed by atoms with Crippen LogP contribution in [0, 0.1) is 0 Å². The van der Waals surface area contributed by atoms with Crippen LogP contribution >= 0.6 is 7.82 Å². The molecule has 0 atom stereocenters. The topological polar surface area (TPSA) is 55.8 Å². The summed E-state index contributed by atoms with van der Waals surface area (Å²) in [7, 11) is -11.4. The number of rotatable bonds is 2. The summed E-state index contributed by atoms with van der Waals surface area (Å²) < 4.78 is 56.2. The quantitative estimate of drug-likeness (QED) is 0.552. The SMILES string of the molecule is [2H]C([2H])([2H])OP(=O)(O)OC([2H])([2H])[2H]. The Morgan fingerprint density at radius 1 is 1.71 bits per heavy atom. The second kappa shape index (κ2) is 2.43. The Morgan fingerprint density at radius 2 is 2.14 bits per heavy atom. The smallest absolute Gasteiger partial charge is 0.303 e. The Labute approximate surface area is 50.1 Å². The summed E-state index contributed by atoms with van der Waals surface area (Å²) in [5, 5.41) is 0. The Morgan fingerprint density at radius 3 is 2.43 bits per heavy atom. The van der Waals surface area contributed by atoms with E-state index in [-0.39, 0.29) is 0 Å². The Kier molecular flexibility index (Phi) is 0.627. The molecule has 0 saturated heterocycles. The first-order valence-corrected chi connectivity index (χ1v) is 2.65. The second-order valence-corrected chi connectivity index (χ2v) is 1.95. The zero-order valence-corrected chi connectivity index (χ0v) is 4.01. The van der Waals surface area contributed by atoms with Gasteiger partial charge in [-0.3, -0.25) is 9.05 Å². The van der Waals surface area contributed by atoms with E-state index >= 15 is 0 Å². The lowest BCUT2D eigenvalue weighted by Crippen LogP contribution is -1.83. The third-order valence-corrected chi connectivity index (χ3v) is 0.692. The van der Waals surface area contributed by atoms with Gasteiger partial charge in [-0.25, -0.2) is 4.57 Å². The van der Waals surface area contributed by atoms with Gasteiger partial charge < -0.3 is 4.89 Å². The molecule has 0 bridgehead atoms. The van der Waals surface area contributed by atoms with E-state index in [1.165, 1.54) is 0 Å². The van der Waals surface area contributed by atoms with Crippen LogP contribution in [0.2, 0.25) is 0 Å². The summed E-state index contributed by atoms with van der Waals surface area (Å²) in [5.74, 6) is 0. The number of phosphoric acid groups is 1. The van der Waals surface area contributed by atoms with Gasteiger partial charge in [0.15, 0.2) is 0 Å². The van der Waals surface area contributed by atoms with Gasteiger partial charge in [0.1, 0.15) is 0 Å². The normalized spacial score (nSPS) is 28.1. The molecule has 44 valence electrons. The zero-order chi connectivity index (χ0) is 10.9.